The third-order valence-electron chi connectivity index (χ3n) is 6.24. The quantitative estimate of drug-likeness (QED) is 0.686. The van der Waals surface area contributed by atoms with Crippen LogP contribution in [0, 0.1) is 6.92 Å². The van der Waals surface area contributed by atoms with E-state index >= 15 is 0 Å². The van der Waals surface area contributed by atoms with Gasteiger partial charge in [-0.25, -0.2) is 0 Å². The van der Waals surface area contributed by atoms with Crippen LogP contribution in [0.15, 0.2) is 39.8 Å². The maximum absolute atomic E-state index is 11.9. The molecule has 1 aliphatic carbocycles. The molecule has 146 valence electrons. The molecule has 1 N–H and O–H groups in total. The number of imide groups is 1. The van der Waals surface area contributed by atoms with Crippen molar-refractivity contribution >= 4 is 28.6 Å². The first-order valence-corrected chi connectivity index (χ1v) is 10.5. The monoisotopic (exact) mass is 394 g/mol. The number of carbonyl (C=O) groups excluding carboxylic acids is 2. The van der Waals surface area contributed by atoms with E-state index in [-0.39, 0.29) is 22.0 Å². The van der Waals surface area contributed by atoms with Gasteiger partial charge in [-0.1, -0.05) is 39.8 Å². The molecule has 28 heavy (non-hydrogen) atoms. The van der Waals surface area contributed by atoms with Crippen LogP contribution in [0.4, 0.5) is 4.79 Å². The molecule has 1 aromatic carbocycles. The number of hydrogen-bond donors (Lipinski definition) is 1. The van der Waals surface area contributed by atoms with Gasteiger partial charge in [-0.2, -0.15) is 0 Å². The summed E-state index contributed by atoms with van der Waals surface area (Å²) < 4.78 is 0. The molecule has 0 saturated carbocycles. The molecule has 2 amide bonds. The average Bonchev–Trinajstić information content (AvgIpc) is 2.97. The topological polar surface area (TPSA) is 58.5 Å². The third-order valence-corrected chi connectivity index (χ3v) is 7.18. The molecule has 0 bridgehead atoms. The van der Waals surface area contributed by atoms with Gasteiger partial charge in [0.2, 0.25) is 0 Å². The van der Waals surface area contributed by atoms with Crippen LogP contribution in [0.25, 0.3) is 0 Å². The van der Waals surface area contributed by atoms with Crippen molar-refractivity contribution in [3.8, 4) is 0 Å². The van der Waals surface area contributed by atoms with Crippen molar-refractivity contribution in [2.75, 3.05) is 6.54 Å². The van der Waals surface area contributed by atoms with Gasteiger partial charge in [-0.3, -0.25) is 19.9 Å². The second kappa shape index (κ2) is 6.45. The zero-order valence-corrected chi connectivity index (χ0v) is 17.9. The van der Waals surface area contributed by atoms with Crippen molar-refractivity contribution in [2.45, 2.75) is 58.3 Å². The third kappa shape index (κ3) is 3.16. The van der Waals surface area contributed by atoms with Gasteiger partial charge in [0.1, 0.15) is 0 Å². The molecule has 0 spiro atoms. The lowest BCUT2D eigenvalue weighted by Gasteiger charge is -2.42. The number of nitrogens with one attached hydrogen (secondary N) is 1. The Morgan fingerprint density at radius 2 is 1.64 bits per heavy atom. The zero-order valence-electron chi connectivity index (χ0n) is 17.1. The lowest BCUT2D eigenvalue weighted by Crippen LogP contribution is -2.34. The van der Waals surface area contributed by atoms with Crippen molar-refractivity contribution in [3.05, 3.63) is 57.0 Å². The van der Waals surface area contributed by atoms with E-state index in [0.717, 1.165) is 28.6 Å². The number of hydrogen-bond acceptors (Lipinski definition) is 4. The molecule has 4 nitrogen and oxygen atoms in total. The smallest absolute Gasteiger partial charge is 0.282 e. The van der Waals surface area contributed by atoms with Crippen molar-refractivity contribution in [1.82, 2.24) is 5.32 Å². The van der Waals surface area contributed by atoms with Crippen molar-refractivity contribution < 1.29 is 9.59 Å². The molecule has 0 aromatic heterocycles. The fourth-order valence-corrected chi connectivity index (χ4v) is 5.04. The SMILES string of the molecule is Cc1cc2c(cc1C1=NCC(=C3SC(=O)NC3=O)C=C1)C(C)(C)CCC2(C)C. The number of aliphatic imine (C=N–C) groups is 1. The van der Waals surface area contributed by atoms with Gasteiger partial charge in [0.15, 0.2) is 0 Å². The summed E-state index contributed by atoms with van der Waals surface area (Å²) >= 11 is 0.958. The highest BCUT2D eigenvalue weighted by Gasteiger charge is 2.37. The van der Waals surface area contributed by atoms with E-state index in [1.54, 1.807) is 0 Å². The summed E-state index contributed by atoms with van der Waals surface area (Å²) in [5.41, 5.74) is 7.34. The fourth-order valence-electron chi connectivity index (χ4n) is 4.30. The van der Waals surface area contributed by atoms with Gasteiger partial charge in [-0.15, -0.1) is 0 Å². The Morgan fingerprint density at radius 1 is 1.00 bits per heavy atom. The number of rotatable bonds is 1. The Kier molecular flexibility index (Phi) is 4.42. The molecule has 0 radical (unpaired) electrons. The van der Waals surface area contributed by atoms with Gasteiger partial charge in [-0.05, 0) is 76.8 Å². The van der Waals surface area contributed by atoms with E-state index in [9.17, 15) is 9.59 Å². The predicted molar refractivity (Wildman–Crippen MR) is 115 cm³/mol. The molecule has 0 unspecified atom stereocenters. The number of thioether (sulfide) groups is 1. The minimum absolute atomic E-state index is 0.151. The second-order valence-corrected chi connectivity index (χ2v) is 10.2. The average molecular weight is 395 g/mol. The molecule has 1 aromatic rings. The Bertz CT molecular complexity index is 996. The summed E-state index contributed by atoms with van der Waals surface area (Å²) in [4.78, 5) is 28.5. The van der Waals surface area contributed by atoms with Crippen LogP contribution in [0.2, 0.25) is 0 Å². The summed E-state index contributed by atoms with van der Waals surface area (Å²) in [6.07, 6.45) is 6.27. The van der Waals surface area contributed by atoms with E-state index in [2.05, 4.69) is 52.1 Å². The molecular formula is C23H26N2O2S. The Hall–Kier alpha value is -2.14. The van der Waals surface area contributed by atoms with E-state index in [4.69, 9.17) is 4.99 Å². The molecule has 3 aliphatic rings. The molecular weight excluding hydrogens is 368 g/mol. The lowest BCUT2D eigenvalue weighted by atomic mass is 9.62. The van der Waals surface area contributed by atoms with Gasteiger partial charge in [0.05, 0.1) is 17.2 Å². The summed E-state index contributed by atoms with van der Waals surface area (Å²) in [5.74, 6) is -0.317. The van der Waals surface area contributed by atoms with Crippen molar-refractivity contribution in [1.29, 1.82) is 0 Å². The first-order valence-electron chi connectivity index (χ1n) is 9.73. The largest absolute Gasteiger partial charge is 0.290 e. The van der Waals surface area contributed by atoms with E-state index in [0.29, 0.717) is 11.4 Å². The number of allylic oxidation sites excluding steroid dienone is 1. The van der Waals surface area contributed by atoms with Crippen molar-refractivity contribution in [3.63, 3.8) is 0 Å². The summed E-state index contributed by atoms with van der Waals surface area (Å²) in [6, 6.07) is 4.67. The summed E-state index contributed by atoms with van der Waals surface area (Å²) in [6.45, 7) is 11.9. The van der Waals surface area contributed by atoms with Crippen molar-refractivity contribution in [2.24, 2.45) is 4.99 Å². The number of carbonyl (C=O) groups is 2. The number of fused-ring (bicyclic) bond motifs is 1. The van der Waals surface area contributed by atoms with Crippen LogP contribution in [-0.2, 0) is 15.6 Å². The van der Waals surface area contributed by atoms with Crippen LogP contribution in [0.1, 0.15) is 62.8 Å². The number of nitrogens with zero attached hydrogens (tertiary/aromatic N) is 1. The highest BCUT2D eigenvalue weighted by Crippen LogP contribution is 2.46. The van der Waals surface area contributed by atoms with Gasteiger partial charge < -0.3 is 0 Å². The van der Waals surface area contributed by atoms with Gasteiger partial charge in [0, 0.05) is 5.56 Å². The van der Waals surface area contributed by atoms with E-state index in [1.165, 1.54) is 29.5 Å². The number of benzene rings is 1. The Balaban J connectivity index is 1.72. The normalized spacial score (nSPS) is 25.4. The van der Waals surface area contributed by atoms with Gasteiger partial charge >= 0.3 is 0 Å². The molecule has 5 heteroatoms. The Labute approximate surface area is 170 Å². The van der Waals surface area contributed by atoms with Crippen LogP contribution < -0.4 is 5.32 Å². The minimum atomic E-state index is -0.317. The number of amides is 2. The predicted octanol–water partition coefficient (Wildman–Crippen LogP) is 4.94. The van der Waals surface area contributed by atoms with E-state index < -0.39 is 0 Å². The molecule has 1 fully saturated rings. The fraction of sp³-hybridized carbons (Fsp3) is 0.435. The molecule has 2 heterocycles. The maximum Gasteiger partial charge on any atom is 0.290 e. The highest BCUT2D eigenvalue weighted by atomic mass is 32.2. The van der Waals surface area contributed by atoms with Crippen LogP contribution in [-0.4, -0.2) is 23.4 Å². The second-order valence-electron chi connectivity index (χ2n) is 9.21. The minimum Gasteiger partial charge on any atom is -0.282 e. The standard InChI is InChI=1S/C23H26N2O2S/c1-13-10-16-17(23(4,5)9-8-22(16,2)3)11-15(13)18-7-6-14(12-24-18)19-20(26)25-21(27)28-19/h6-7,10-11H,8-9,12H2,1-5H3,(H,25,26,27). The molecule has 2 aliphatic heterocycles. The van der Waals surface area contributed by atoms with E-state index in [1.807, 2.05) is 12.2 Å². The van der Waals surface area contributed by atoms with Crippen LogP contribution >= 0.6 is 11.8 Å². The lowest BCUT2D eigenvalue weighted by molar-refractivity contribution is -0.115. The molecule has 0 atom stereocenters. The van der Waals surface area contributed by atoms with Gasteiger partial charge in [0.25, 0.3) is 11.1 Å². The first-order chi connectivity index (χ1) is 13.1. The first kappa shape index (κ1) is 19.2. The summed E-state index contributed by atoms with van der Waals surface area (Å²) in [7, 11) is 0. The molecule has 4 rings (SSSR count). The van der Waals surface area contributed by atoms with Crippen LogP contribution in [0.3, 0.4) is 0 Å². The van der Waals surface area contributed by atoms with Crippen LogP contribution in [0.5, 0.6) is 0 Å². The Morgan fingerprint density at radius 3 is 2.18 bits per heavy atom. The zero-order chi connectivity index (χ0) is 20.3. The summed E-state index contributed by atoms with van der Waals surface area (Å²) in [5, 5.41) is 2.00. The molecule has 1 saturated heterocycles. The number of dihydropyridines is 1. The number of aryl methyl sites for hydroxylation is 1. The maximum atomic E-state index is 11.9. The highest BCUT2D eigenvalue weighted by molar-refractivity contribution is 8.18.